The van der Waals surface area contributed by atoms with Gasteiger partial charge in [-0.05, 0) is 44.4 Å². The number of hydrogen-bond donors (Lipinski definition) is 1. The molecular formula is C21H29N5O. The van der Waals surface area contributed by atoms with Gasteiger partial charge in [0, 0.05) is 45.5 Å². The second-order valence-corrected chi connectivity index (χ2v) is 7.90. The van der Waals surface area contributed by atoms with Gasteiger partial charge in [-0.2, -0.15) is 5.10 Å². The van der Waals surface area contributed by atoms with Crippen LogP contribution >= 0.6 is 0 Å². The van der Waals surface area contributed by atoms with Gasteiger partial charge < -0.3 is 10.2 Å². The Balaban J connectivity index is 1.47. The number of carbonyl (C=O) groups excluding carboxylic acids is 1. The number of aromatic nitrogens is 2. The standard InChI is InChI=1S/C21H29N5O/c1-17-15-19(24(2)23-17)16-25-13-9-21(10-14-25,20(27)26-11-6-12-26)22-18-7-4-3-5-8-18/h3-5,7-8,15,22H,6,9-14,16H2,1-2H3. The largest absolute Gasteiger partial charge is 0.371 e. The van der Waals surface area contributed by atoms with E-state index in [1.807, 2.05) is 41.8 Å². The first-order valence-corrected chi connectivity index (χ1v) is 9.90. The van der Waals surface area contributed by atoms with Crippen LogP contribution in [0.3, 0.4) is 0 Å². The van der Waals surface area contributed by atoms with Gasteiger partial charge in [0.25, 0.3) is 0 Å². The van der Waals surface area contributed by atoms with E-state index in [0.29, 0.717) is 0 Å². The third kappa shape index (κ3) is 3.72. The lowest BCUT2D eigenvalue weighted by molar-refractivity contribution is -0.141. The Hall–Kier alpha value is -2.34. The summed E-state index contributed by atoms with van der Waals surface area (Å²) < 4.78 is 1.96. The molecule has 0 aliphatic carbocycles. The number of hydrogen-bond acceptors (Lipinski definition) is 4. The lowest BCUT2D eigenvalue weighted by Gasteiger charge is -2.46. The highest BCUT2D eigenvalue weighted by Crippen LogP contribution is 2.31. The molecule has 0 spiro atoms. The highest BCUT2D eigenvalue weighted by molar-refractivity contribution is 5.90. The van der Waals surface area contributed by atoms with Crippen molar-refractivity contribution in [3.8, 4) is 0 Å². The number of carbonyl (C=O) groups is 1. The van der Waals surface area contributed by atoms with Crippen LogP contribution in [0.5, 0.6) is 0 Å². The van der Waals surface area contributed by atoms with Crippen LogP contribution in [0.2, 0.25) is 0 Å². The maximum atomic E-state index is 13.3. The number of aryl methyl sites for hydroxylation is 2. The van der Waals surface area contributed by atoms with E-state index < -0.39 is 5.54 Å². The lowest BCUT2D eigenvalue weighted by atomic mass is 9.84. The van der Waals surface area contributed by atoms with Crippen molar-refractivity contribution >= 4 is 11.6 Å². The minimum Gasteiger partial charge on any atom is -0.371 e. The molecule has 2 fully saturated rings. The monoisotopic (exact) mass is 367 g/mol. The second kappa shape index (κ2) is 7.35. The Morgan fingerprint density at radius 2 is 1.85 bits per heavy atom. The van der Waals surface area contributed by atoms with Crippen molar-refractivity contribution in [2.45, 2.75) is 38.3 Å². The van der Waals surface area contributed by atoms with Gasteiger partial charge >= 0.3 is 0 Å². The Morgan fingerprint density at radius 3 is 2.41 bits per heavy atom. The average Bonchev–Trinajstić information content (AvgIpc) is 2.93. The highest BCUT2D eigenvalue weighted by Gasteiger charge is 2.44. The summed E-state index contributed by atoms with van der Waals surface area (Å²) in [7, 11) is 2.00. The van der Waals surface area contributed by atoms with E-state index in [-0.39, 0.29) is 5.91 Å². The third-order valence-corrected chi connectivity index (χ3v) is 5.90. The van der Waals surface area contributed by atoms with Crippen molar-refractivity contribution in [2.75, 3.05) is 31.5 Å². The number of likely N-dealkylation sites (tertiary alicyclic amines) is 2. The molecule has 2 saturated heterocycles. The first-order chi connectivity index (χ1) is 13.1. The summed E-state index contributed by atoms with van der Waals surface area (Å²) in [5.74, 6) is 0.272. The maximum absolute atomic E-state index is 13.3. The Labute approximate surface area is 161 Å². The minimum absolute atomic E-state index is 0.272. The highest BCUT2D eigenvalue weighted by atomic mass is 16.2. The van der Waals surface area contributed by atoms with E-state index in [1.54, 1.807) is 0 Å². The average molecular weight is 367 g/mol. The van der Waals surface area contributed by atoms with Gasteiger partial charge in [0.2, 0.25) is 5.91 Å². The number of nitrogens with zero attached hydrogens (tertiary/aromatic N) is 4. The molecule has 0 saturated carbocycles. The van der Waals surface area contributed by atoms with Crippen LogP contribution in [-0.4, -0.2) is 57.2 Å². The van der Waals surface area contributed by atoms with E-state index in [2.05, 4.69) is 33.5 Å². The van der Waals surface area contributed by atoms with Crippen molar-refractivity contribution in [3.63, 3.8) is 0 Å². The van der Waals surface area contributed by atoms with Crippen LogP contribution in [0.4, 0.5) is 5.69 Å². The normalized spacial score (nSPS) is 19.6. The number of anilines is 1. The van der Waals surface area contributed by atoms with Crippen molar-refractivity contribution < 1.29 is 4.79 Å². The van der Waals surface area contributed by atoms with Gasteiger partial charge in [-0.3, -0.25) is 14.4 Å². The lowest BCUT2D eigenvalue weighted by Crippen LogP contribution is -2.61. The Morgan fingerprint density at radius 1 is 1.15 bits per heavy atom. The van der Waals surface area contributed by atoms with E-state index in [1.165, 1.54) is 5.69 Å². The summed E-state index contributed by atoms with van der Waals surface area (Å²) in [6.07, 6.45) is 2.78. The number of para-hydroxylation sites is 1. The Kier molecular flexibility index (Phi) is 4.91. The van der Waals surface area contributed by atoms with E-state index in [0.717, 1.165) is 63.4 Å². The summed E-state index contributed by atoms with van der Waals surface area (Å²) in [5, 5.41) is 8.06. The molecule has 2 aromatic rings. The molecule has 27 heavy (non-hydrogen) atoms. The first-order valence-electron chi connectivity index (χ1n) is 9.90. The number of benzene rings is 1. The molecular weight excluding hydrogens is 338 g/mol. The molecule has 4 rings (SSSR count). The van der Waals surface area contributed by atoms with Crippen LogP contribution in [0.1, 0.15) is 30.7 Å². The smallest absolute Gasteiger partial charge is 0.248 e. The fraction of sp³-hybridized carbons (Fsp3) is 0.524. The van der Waals surface area contributed by atoms with Gasteiger partial charge in [-0.25, -0.2) is 0 Å². The molecule has 6 nitrogen and oxygen atoms in total. The minimum atomic E-state index is -0.485. The van der Waals surface area contributed by atoms with Crippen molar-refractivity contribution in [1.82, 2.24) is 19.6 Å². The molecule has 1 amide bonds. The van der Waals surface area contributed by atoms with Gasteiger partial charge in [0.15, 0.2) is 0 Å². The summed E-state index contributed by atoms with van der Waals surface area (Å²) in [6.45, 7) is 6.52. The quantitative estimate of drug-likeness (QED) is 0.882. The summed E-state index contributed by atoms with van der Waals surface area (Å²) >= 11 is 0. The zero-order valence-corrected chi connectivity index (χ0v) is 16.3. The molecule has 144 valence electrons. The van der Waals surface area contributed by atoms with Crippen LogP contribution in [0.25, 0.3) is 0 Å². The zero-order valence-electron chi connectivity index (χ0n) is 16.3. The molecule has 0 unspecified atom stereocenters. The SMILES string of the molecule is Cc1cc(CN2CCC(Nc3ccccc3)(C(=O)N3CCC3)CC2)n(C)n1. The number of nitrogens with one attached hydrogen (secondary N) is 1. The Bertz CT molecular complexity index is 788. The molecule has 1 aromatic heterocycles. The molecule has 1 N–H and O–H groups in total. The molecule has 0 bridgehead atoms. The number of rotatable bonds is 5. The molecule has 2 aliphatic rings. The summed E-state index contributed by atoms with van der Waals surface area (Å²) in [4.78, 5) is 17.7. The summed E-state index contributed by atoms with van der Waals surface area (Å²) in [6, 6.07) is 12.3. The zero-order chi connectivity index (χ0) is 18.9. The van der Waals surface area contributed by atoms with Gasteiger partial charge in [0.1, 0.15) is 5.54 Å². The van der Waals surface area contributed by atoms with Crippen LogP contribution in [0, 0.1) is 6.92 Å². The predicted octanol–water partition coefficient (Wildman–Crippen LogP) is 2.41. The molecule has 0 atom stereocenters. The van der Waals surface area contributed by atoms with Gasteiger partial charge in [0.05, 0.1) is 11.4 Å². The number of piperidine rings is 1. The van der Waals surface area contributed by atoms with Crippen molar-refractivity contribution in [2.24, 2.45) is 7.05 Å². The molecule has 6 heteroatoms. The third-order valence-electron chi connectivity index (χ3n) is 5.90. The second-order valence-electron chi connectivity index (χ2n) is 7.90. The predicted molar refractivity (Wildman–Crippen MR) is 106 cm³/mol. The topological polar surface area (TPSA) is 53.4 Å². The number of amides is 1. The fourth-order valence-electron chi connectivity index (χ4n) is 4.15. The maximum Gasteiger partial charge on any atom is 0.248 e. The molecule has 2 aliphatic heterocycles. The fourth-order valence-corrected chi connectivity index (χ4v) is 4.15. The van der Waals surface area contributed by atoms with Gasteiger partial charge in [-0.15, -0.1) is 0 Å². The van der Waals surface area contributed by atoms with E-state index in [4.69, 9.17) is 0 Å². The van der Waals surface area contributed by atoms with Crippen LogP contribution in [-0.2, 0) is 18.4 Å². The summed E-state index contributed by atoms with van der Waals surface area (Å²) in [5.41, 5.74) is 2.82. The van der Waals surface area contributed by atoms with Crippen molar-refractivity contribution in [3.05, 3.63) is 47.8 Å². The van der Waals surface area contributed by atoms with E-state index in [9.17, 15) is 4.79 Å². The van der Waals surface area contributed by atoms with E-state index >= 15 is 0 Å². The van der Waals surface area contributed by atoms with Crippen molar-refractivity contribution in [1.29, 1.82) is 0 Å². The first kappa shape index (κ1) is 18.0. The molecule has 1 aromatic carbocycles. The van der Waals surface area contributed by atoms with Gasteiger partial charge in [-0.1, -0.05) is 18.2 Å². The molecule has 0 radical (unpaired) electrons. The van der Waals surface area contributed by atoms with Crippen LogP contribution < -0.4 is 5.32 Å². The van der Waals surface area contributed by atoms with Crippen LogP contribution in [0.15, 0.2) is 36.4 Å². The molecule has 3 heterocycles.